The number of amidine groups is 1. The van der Waals surface area contributed by atoms with E-state index in [0.717, 1.165) is 5.56 Å². The fourth-order valence-corrected chi connectivity index (χ4v) is 1.80. The molecule has 1 amide bonds. The SMILES string of the molecule is O=C1/C(=C\c2ccc(F)cc2)N=C2C=CC=CN12. The third-order valence-corrected chi connectivity index (χ3v) is 2.68. The lowest BCUT2D eigenvalue weighted by atomic mass is 10.2. The van der Waals surface area contributed by atoms with Crippen LogP contribution >= 0.6 is 0 Å². The highest BCUT2D eigenvalue weighted by atomic mass is 19.1. The van der Waals surface area contributed by atoms with E-state index in [1.807, 2.05) is 6.08 Å². The maximum Gasteiger partial charge on any atom is 0.282 e. The van der Waals surface area contributed by atoms with E-state index in [1.54, 1.807) is 36.6 Å². The largest absolute Gasteiger partial charge is 0.282 e. The second-order valence-electron chi connectivity index (χ2n) is 3.93. The van der Waals surface area contributed by atoms with Gasteiger partial charge in [-0.2, -0.15) is 0 Å². The van der Waals surface area contributed by atoms with E-state index < -0.39 is 0 Å². The number of carbonyl (C=O) groups is 1. The summed E-state index contributed by atoms with van der Waals surface area (Å²) in [6.45, 7) is 0. The molecular formula is C14H9FN2O. The van der Waals surface area contributed by atoms with Crippen molar-refractivity contribution in [2.75, 3.05) is 0 Å². The smallest absolute Gasteiger partial charge is 0.266 e. The molecule has 0 fully saturated rings. The van der Waals surface area contributed by atoms with E-state index in [9.17, 15) is 9.18 Å². The van der Waals surface area contributed by atoms with Crippen LogP contribution in [-0.4, -0.2) is 16.6 Å². The first-order valence-electron chi connectivity index (χ1n) is 5.48. The molecule has 2 aliphatic heterocycles. The van der Waals surface area contributed by atoms with Gasteiger partial charge in [0.15, 0.2) is 0 Å². The molecule has 1 aromatic rings. The normalized spacial score (nSPS) is 19.4. The number of fused-ring (bicyclic) bond motifs is 1. The molecule has 1 aromatic carbocycles. The number of hydrogen-bond donors (Lipinski definition) is 0. The molecule has 0 saturated heterocycles. The minimum absolute atomic E-state index is 0.171. The highest BCUT2D eigenvalue weighted by molar-refractivity contribution is 6.18. The topological polar surface area (TPSA) is 32.7 Å². The summed E-state index contributed by atoms with van der Waals surface area (Å²) in [6, 6.07) is 5.93. The van der Waals surface area contributed by atoms with E-state index in [1.165, 1.54) is 17.0 Å². The molecular weight excluding hydrogens is 231 g/mol. The zero-order chi connectivity index (χ0) is 12.5. The van der Waals surface area contributed by atoms with Gasteiger partial charge in [-0.05, 0) is 35.9 Å². The molecule has 3 nitrogen and oxygen atoms in total. The van der Waals surface area contributed by atoms with Crippen molar-refractivity contribution in [1.82, 2.24) is 4.90 Å². The minimum Gasteiger partial charge on any atom is -0.266 e. The minimum atomic E-state index is -0.301. The number of carbonyl (C=O) groups excluding carboxylic acids is 1. The van der Waals surface area contributed by atoms with Gasteiger partial charge in [-0.25, -0.2) is 9.38 Å². The molecule has 0 saturated carbocycles. The van der Waals surface area contributed by atoms with Gasteiger partial charge in [0.2, 0.25) is 0 Å². The van der Waals surface area contributed by atoms with Gasteiger partial charge >= 0.3 is 0 Å². The summed E-state index contributed by atoms with van der Waals surface area (Å²) in [5.41, 5.74) is 1.10. The Morgan fingerprint density at radius 1 is 1.17 bits per heavy atom. The molecule has 0 unspecified atom stereocenters. The number of nitrogens with zero attached hydrogens (tertiary/aromatic N) is 2. The van der Waals surface area contributed by atoms with Crippen LogP contribution in [-0.2, 0) is 4.79 Å². The Morgan fingerprint density at radius 3 is 2.67 bits per heavy atom. The first-order valence-corrected chi connectivity index (χ1v) is 5.48. The number of aliphatic imine (C=N–C) groups is 1. The molecule has 0 bridgehead atoms. The molecule has 3 rings (SSSR count). The Hall–Kier alpha value is -2.49. The monoisotopic (exact) mass is 240 g/mol. The van der Waals surface area contributed by atoms with Crippen molar-refractivity contribution in [1.29, 1.82) is 0 Å². The second-order valence-corrected chi connectivity index (χ2v) is 3.93. The molecule has 0 N–H and O–H groups in total. The van der Waals surface area contributed by atoms with Gasteiger partial charge in [0, 0.05) is 6.20 Å². The molecule has 18 heavy (non-hydrogen) atoms. The second kappa shape index (κ2) is 4.07. The summed E-state index contributed by atoms with van der Waals surface area (Å²) in [5.74, 6) is 0.135. The lowest BCUT2D eigenvalue weighted by molar-refractivity contribution is -0.120. The predicted molar refractivity (Wildman–Crippen MR) is 66.9 cm³/mol. The first-order chi connectivity index (χ1) is 8.74. The summed E-state index contributed by atoms with van der Waals surface area (Å²) < 4.78 is 12.8. The number of allylic oxidation sites excluding steroid dienone is 2. The molecule has 0 aliphatic carbocycles. The summed E-state index contributed by atoms with van der Waals surface area (Å²) in [6.07, 6.45) is 8.69. The molecule has 2 aliphatic rings. The van der Waals surface area contributed by atoms with E-state index in [4.69, 9.17) is 0 Å². The van der Waals surface area contributed by atoms with Gasteiger partial charge < -0.3 is 0 Å². The average molecular weight is 240 g/mol. The zero-order valence-electron chi connectivity index (χ0n) is 9.38. The van der Waals surface area contributed by atoms with Crippen molar-refractivity contribution >= 4 is 17.8 Å². The third-order valence-electron chi connectivity index (χ3n) is 2.68. The number of amides is 1. The molecule has 0 atom stereocenters. The third kappa shape index (κ3) is 1.78. The number of rotatable bonds is 1. The van der Waals surface area contributed by atoms with E-state index in [0.29, 0.717) is 11.5 Å². The van der Waals surface area contributed by atoms with Crippen molar-refractivity contribution in [2.45, 2.75) is 0 Å². The van der Waals surface area contributed by atoms with Crippen LogP contribution in [0.1, 0.15) is 5.56 Å². The fraction of sp³-hybridized carbons (Fsp3) is 0. The van der Waals surface area contributed by atoms with Crippen LogP contribution in [0.3, 0.4) is 0 Å². The van der Waals surface area contributed by atoms with Crippen molar-refractivity contribution in [3.63, 3.8) is 0 Å². The molecule has 2 heterocycles. The summed E-state index contributed by atoms with van der Waals surface area (Å²) in [4.78, 5) is 17.7. The Morgan fingerprint density at radius 2 is 1.94 bits per heavy atom. The molecule has 4 heteroatoms. The van der Waals surface area contributed by atoms with Crippen LogP contribution in [0.2, 0.25) is 0 Å². The van der Waals surface area contributed by atoms with E-state index >= 15 is 0 Å². The van der Waals surface area contributed by atoms with Crippen LogP contribution in [0, 0.1) is 5.82 Å². The number of hydrogen-bond acceptors (Lipinski definition) is 2. The van der Waals surface area contributed by atoms with E-state index in [2.05, 4.69) is 4.99 Å². The van der Waals surface area contributed by atoms with Gasteiger partial charge in [-0.3, -0.25) is 9.69 Å². The molecule has 0 spiro atoms. The lowest BCUT2D eigenvalue weighted by Gasteiger charge is -2.11. The Kier molecular flexibility index (Phi) is 2.41. The van der Waals surface area contributed by atoms with Crippen molar-refractivity contribution in [2.24, 2.45) is 4.99 Å². The van der Waals surface area contributed by atoms with Crippen molar-refractivity contribution in [3.8, 4) is 0 Å². The maximum atomic E-state index is 12.8. The lowest BCUT2D eigenvalue weighted by Crippen LogP contribution is -2.26. The van der Waals surface area contributed by atoms with Gasteiger partial charge in [0.1, 0.15) is 17.3 Å². The standard InChI is InChI=1S/C14H9FN2O/c15-11-6-4-10(5-7-11)9-12-14(18)17-8-2-1-3-13(17)16-12/h1-9H/b12-9+. The molecule has 0 radical (unpaired) electrons. The van der Waals surface area contributed by atoms with Crippen LogP contribution in [0.5, 0.6) is 0 Å². The highest BCUT2D eigenvalue weighted by Crippen LogP contribution is 2.21. The van der Waals surface area contributed by atoms with Crippen LogP contribution in [0.4, 0.5) is 4.39 Å². The summed E-state index contributed by atoms with van der Waals surface area (Å²) >= 11 is 0. The van der Waals surface area contributed by atoms with Crippen LogP contribution in [0.25, 0.3) is 6.08 Å². The van der Waals surface area contributed by atoms with Gasteiger partial charge in [-0.1, -0.05) is 18.2 Å². The average Bonchev–Trinajstić information content (AvgIpc) is 2.70. The van der Waals surface area contributed by atoms with Crippen LogP contribution in [0.15, 0.2) is 59.4 Å². The van der Waals surface area contributed by atoms with Gasteiger partial charge in [0.05, 0.1) is 0 Å². The Bertz CT molecular complexity index is 624. The number of halogens is 1. The summed E-state index contributed by atoms with van der Waals surface area (Å²) in [7, 11) is 0. The zero-order valence-corrected chi connectivity index (χ0v) is 9.38. The van der Waals surface area contributed by atoms with E-state index in [-0.39, 0.29) is 11.7 Å². The highest BCUT2D eigenvalue weighted by Gasteiger charge is 2.27. The first kappa shape index (κ1) is 10.7. The predicted octanol–water partition coefficient (Wildman–Crippen LogP) is 2.49. The summed E-state index contributed by atoms with van der Waals surface area (Å²) in [5, 5.41) is 0. The van der Waals surface area contributed by atoms with Crippen molar-refractivity contribution in [3.05, 3.63) is 65.8 Å². The van der Waals surface area contributed by atoms with Gasteiger partial charge in [0.25, 0.3) is 5.91 Å². The van der Waals surface area contributed by atoms with Gasteiger partial charge in [-0.15, -0.1) is 0 Å². The quantitative estimate of drug-likeness (QED) is 0.694. The molecule has 0 aromatic heterocycles. The fourth-order valence-electron chi connectivity index (χ4n) is 1.80. The Labute approximate surface area is 103 Å². The molecule has 88 valence electrons. The van der Waals surface area contributed by atoms with Crippen molar-refractivity contribution < 1.29 is 9.18 Å². The van der Waals surface area contributed by atoms with Crippen LogP contribution < -0.4 is 0 Å². The Balaban J connectivity index is 1.96. The maximum absolute atomic E-state index is 12.8. The number of benzene rings is 1.